The molecule has 0 aliphatic carbocycles. The Morgan fingerprint density at radius 1 is 1.05 bits per heavy atom. The number of nitrogens with zero attached hydrogens (tertiary/aromatic N) is 3. The van der Waals surface area contributed by atoms with Crippen molar-refractivity contribution in [3.63, 3.8) is 0 Å². The number of benzene rings is 1. The second-order valence-corrected chi connectivity index (χ2v) is 5.38. The lowest BCUT2D eigenvalue weighted by Gasteiger charge is -2.20. The molecular formula is C18H26N4. The van der Waals surface area contributed by atoms with Crippen LogP contribution in [0.4, 0.5) is 11.8 Å². The van der Waals surface area contributed by atoms with Crippen LogP contribution in [0.2, 0.25) is 0 Å². The Morgan fingerprint density at radius 2 is 1.77 bits per heavy atom. The summed E-state index contributed by atoms with van der Waals surface area (Å²) in [7, 11) is 0. The highest BCUT2D eigenvalue weighted by Gasteiger charge is 2.07. The van der Waals surface area contributed by atoms with E-state index in [0.717, 1.165) is 49.9 Å². The van der Waals surface area contributed by atoms with Crippen LogP contribution in [0.15, 0.2) is 36.4 Å². The van der Waals surface area contributed by atoms with Gasteiger partial charge in [-0.05, 0) is 39.2 Å². The second-order valence-electron chi connectivity index (χ2n) is 5.38. The van der Waals surface area contributed by atoms with Crippen molar-refractivity contribution in [1.29, 1.82) is 0 Å². The van der Waals surface area contributed by atoms with E-state index in [9.17, 15) is 0 Å². The van der Waals surface area contributed by atoms with E-state index in [4.69, 9.17) is 0 Å². The van der Waals surface area contributed by atoms with E-state index in [2.05, 4.69) is 64.4 Å². The van der Waals surface area contributed by atoms with Gasteiger partial charge in [-0.25, -0.2) is 4.98 Å². The van der Waals surface area contributed by atoms with Crippen LogP contribution in [0.25, 0.3) is 0 Å². The van der Waals surface area contributed by atoms with Gasteiger partial charge < -0.3 is 10.2 Å². The number of hydrogen-bond donors (Lipinski definition) is 1. The van der Waals surface area contributed by atoms with Gasteiger partial charge in [-0.3, -0.25) is 0 Å². The minimum atomic E-state index is 0.731. The SMILES string of the molecule is CCN(CC)c1cc(C)nc(NCCCc2ccccc2)n1. The van der Waals surface area contributed by atoms with Crippen LogP contribution in [-0.4, -0.2) is 29.6 Å². The fourth-order valence-electron chi connectivity index (χ4n) is 2.48. The first-order valence-electron chi connectivity index (χ1n) is 8.11. The minimum absolute atomic E-state index is 0.731. The Kier molecular flexibility index (Phi) is 6.19. The number of anilines is 2. The third kappa shape index (κ3) is 4.72. The van der Waals surface area contributed by atoms with Gasteiger partial charge in [-0.1, -0.05) is 30.3 Å². The van der Waals surface area contributed by atoms with Crippen LogP contribution in [0.1, 0.15) is 31.5 Å². The standard InChI is InChI=1S/C18H26N4/c1-4-22(5-2)17-14-15(3)20-18(21-17)19-13-9-12-16-10-7-6-8-11-16/h6-8,10-11,14H,4-5,9,12-13H2,1-3H3,(H,19,20,21). The molecule has 118 valence electrons. The van der Waals surface area contributed by atoms with E-state index < -0.39 is 0 Å². The van der Waals surface area contributed by atoms with E-state index in [-0.39, 0.29) is 0 Å². The maximum Gasteiger partial charge on any atom is 0.224 e. The van der Waals surface area contributed by atoms with Crippen LogP contribution in [0.3, 0.4) is 0 Å². The molecule has 0 bridgehead atoms. The molecule has 1 aromatic heterocycles. The molecule has 1 aromatic carbocycles. The summed E-state index contributed by atoms with van der Waals surface area (Å²) in [4.78, 5) is 11.3. The molecule has 0 amide bonds. The highest BCUT2D eigenvalue weighted by atomic mass is 15.2. The summed E-state index contributed by atoms with van der Waals surface area (Å²) in [5, 5.41) is 3.35. The Labute approximate surface area is 133 Å². The maximum atomic E-state index is 4.62. The smallest absolute Gasteiger partial charge is 0.224 e. The van der Waals surface area contributed by atoms with Crippen molar-refractivity contribution in [3.8, 4) is 0 Å². The van der Waals surface area contributed by atoms with Gasteiger partial charge in [0.15, 0.2) is 0 Å². The summed E-state index contributed by atoms with van der Waals surface area (Å²) < 4.78 is 0. The summed E-state index contributed by atoms with van der Waals surface area (Å²) >= 11 is 0. The Balaban J connectivity index is 1.89. The van der Waals surface area contributed by atoms with E-state index in [1.54, 1.807) is 0 Å². The van der Waals surface area contributed by atoms with Crippen LogP contribution < -0.4 is 10.2 Å². The molecule has 1 N–H and O–H groups in total. The minimum Gasteiger partial charge on any atom is -0.357 e. The summed E-state index contributed by atoms with van der Waals surface area (Å²) in [6.45, 7) is 9.11. The van der Waals surface area contributed by atoms with Crippen LogP contribution in [0.5, 0.6) is 0 Å². The van der Waals surface area contributed by atoms with Gasteiger partial charge >= 0.3 is 0 Å². The summed E-state index contributed by atoms with van der Waals surface area (Å²) in [5.41, 5.74) is 2.38. The quantitative estimate of drug-likeness (QED) is 0.755. The first-order valence-corrected chi connectivity index (χ1v) is 8.11. The van der Waals surface area contributed by atoms with Crippen molar-refractivity contribution >= 4 is 11.8 Å². The second kappa shape index (κ2) is 8.37. The first kappa shape index (κ1) is 16.3. The Hall–Kier alpha value is -2.10. The lowest BCUT2D eigenvalue weighted by molar-refractivity contribution is 0.827. The van der Waals surface area contributed by atoms with Gasteiger partial charge in [0, 0.05) is 31.4 Å². The molecule has 0 fully saturated rings. The average molecular weight is 298 g/mol. The van der Waals surface area contributed by atoms with Crippen molar-refractivity contribution in [2.45, 2.75) is 33.6 Å². The predicted octanol–water partition coefficient (Wildman–Crippen LogP) is 3.68. The number of rotatable bonds is 8. The topological polar surface area (TPSA) is 41.1 Å². The van der Waals surface area contributed by atoms with Gasteiger partial charge in [-0.2, -0.15) is 4.98 Å². The highest BCUT2D eigenvalue weighted by Crippen LogP contribution is 2.14. The van der Waals surface area contributed by atoms with Crippen molar-refractivity contribution in [2.24, 2.45) is 0 Å². The van der Waals surface area contributed by atoms with E-state index in [1.165, 1.54) is 5.56 Å². The maximum absolute atomic E-state index is 4.62. The molecule has 4 nitrogen and oxygen atoms in total. The number of aryl methyl sites for hydroxylation is 2. The first-order chi connectivity index (χ1) is 10.7. The Morgan fingerprint density at radius 3 is 2.45 bits per heavy atom. The monoisotopic (exact) mass is 298 g/mol. The van der Waals surface area contributed by atoms with Gasteiger partial charge in [0.2, 0.25) is 5.95 Å². The van der Waals surface area contributed by atoms with Gasteiger partial charge in [0.1, 0.15) is 5.82 Å². The molecule has 0 radical (unpaired) electrons. The van der Waals surface area contributed by atoms with Crippen LogP contribution >= 0.6 is 0 Å². The molecule has 2 rings (SSSR count). The number of nitrogens with one attached hydrogen (secondary N) is 1. The molecule has 0 saturated heterocycles. The molecular weight excluding hydrogens is 272 g/mol. The van der Waals surface area contributed by atoms with Crippen molar-refractivity contribution in [2.75, 3.05) is 29.9 Å². The van der Waals surface area contributed by atoms with E-state index >= 15 is 0 Å². The number of aromatic nitrogens is 2. The fraction of sp³-hybridized carbons (Fsp3) is 0.444. The lowest BCUT2D eigenvalue weighted by Crippen LogP contribution is -2.23. The predicted molar refractivity (Wildman–Crippen MR) is 93.6 cm³/mol. The molecule has 1 heterocycles. The zero-order chi connectivity index (χ0) is 15.8. The molecule has 0 aliphatic rings. The fourth-order valence-corrected chi connectivity index (χ4v) is 2.48. The third-order valence-corrected chi connectivity index (χ3v) is 3.70. The van der Waals surface area contributed by atoms with Crippen molar-refractivity contribution in [3.05, 3.63) is 47.7 Å². The van der Waals surface area contributed by atoms with Gasteiger partial charge in [0.05, 0.1) is 0 Å². The lowest BCUT2D eigenvalue weighted by atomic mass is 10.1. The Bertz CT molecular complexity index is 565. The average Bonchev–Trinajstić information content (AvgIpc) is 2.53. The third-order valence-electron chi connectivity index (χ3n) is 3.70. The molecule has 0 saturated carbocycles. The molecule has 2 aromatic rings. The molecule has 0 spiro atoms. The normalized spacial score (nSPS) is 10.5. The molecule has 0 atom stereocenters. The van der Waals surface area contributed by atoms with Crippen LogP contribution in [-0.2, 0) is 6.42 Å². The van der Waals surface area contributed by atoms with Crippen molar-refractivity contribution < 1.29 is 0 Å². The zero-order valence-corrected chi connectivity index (χ0v) is 13.8. The molecule has 22 heavy (non-hydrogen) atoms. The number of hydrogen-bond acceptors (Lipinski definition) is 4. The molecule has 0 aliphatic heterocycles. The van der Waals surface area contributed by atoms with Gasteiger partial charge in [-0.15, -0.1) is 0 Å². The zero-order valence-electron chi connectivity index (χ0n) is 13.8. The summed E-state index contributed by atoms with van der Waals surface area (Å²) in [6.07, 6.45) is 2.14. The largest absolute Gasteiger partial charge is 0.357 e. The summed E-state index contributed by atoms with van der Waals surface area (Å²) in [5.74, 6) is 1.73. The molecule has 4 heteroatoms. The summed E-state index contributed by atoms with van der Waals surface area (Å²) in [6, 6.07) is 12.6. The van der Waals surface area contributed by atoms with E-state index in [1.807, 2.05) is 13.0 Å². The van der Waals surface area contributed by atoms with E-state index in [0.29, 0.717) is 0 Å². The van der Waals surface area contributed by atoms with Crippen molar-refractivity contribution in [1.82, 2.24) is 9.97 Å². The molecule has 0 unspecified atom stereocenters. The van der Waals surface area contributed by atoms with Gasteiger partial charge in [0.25, 0.3) is 0 Å². The van der Waals surface area contributed by atoms with Crippen LogP contribution in [0, 0.1) is 6.92 Å². The highest BCUT2D eigenvalue weighted by molar-refractivity contribution is 5.44.